The van der Waals surface area contributed by atoms with Crippen molar-refractivity contribution in [1.29, 1.82) is 0 Å². The summed E-state index contributed by atoms with van der Waals surface area (Å²) in [5.41, 5.74) is 0. The number of quaternary nitrogens is 1. The van der Waals surface area contributed by atoms with Crippen molar-refractivity contribution >= 4 is 13.7 Å². The second kappa shape index (κ2) is 47.3. The number of phosphoric acid groups is 1. The Hall–Kier alpha value is -0.760. The molecule has 382 valence electrons. The Kier molecular flexibility index (Phi) is 46.8. The maximum absolute atomic E-state index is 13.0. The van der Waals surface area contributed by atoms with Crippen molar-refractivity contribution in [2.45, 2.75) is 296 Å². The first-order valence-corrected chi connectivity index (χ1v) is 29.5. The van der Waals surface area contributed by atoms with E-state index in [1.807, 2.05) is 21.1 Å². The molecule has 3 unspecified atom stereocenters. The fourth-order valence-electron chi connectivity index (χ4n) is 8.57. The van der Waals surface area contributed by atoms with Crippen LogP contribution in [-0.2, 0) is 18.4 Å². The molecule has 0 aliphatic rings. The van der Waals surface area contributed by atoms with Gasteiger partial charge in [0.2, 0.25) is 5.91 Å². The highest BCUT2D eigenvalue weighted by atomic mass is 31.2. The monoisotopic (exact) mass is 927 g/mol. The van der Waals surface area contributed by atoms with E-state index in [1.54, 1.807) is 0 Å². The Morgan fingerprint density at radius 2 is 0.859 bits per heavy atom. The largest absolute Gasteiger partial charge is 0.756 e. The van der Waals surface area contributed by atoms with Gasteiger partial charge in [-0.3, -0.25) is 9.36 Å². The van der Waals surface area contributed by atoms with E-state index in [0.29, 0.717) is 23.9 Å². The van der Waals surface area contributed by atoms with Crippen LogP contribution in [0.3, 0.4) is 0 Å². The van der Waals surface area contributed by atoms with E-state index in [1.165, 1.54) is 218 Å². The topological polar surface area (TPSA) is 108 Å². The summed E-state index contributed by atoms with van der Waals surface area (Å²) < 4.78 is 23.4. The SMILES string of the molecule is CCCCCCCCCC/C=C\CCCCCCCCCCCCCCCC(=O)NC(COP(=O)([O-])OCC[N+](C)(C)C)C(O)CCCCCCCCCCCCCCCCCCC. The normalized spacial score (nSPS) is 14.0. The van der Waals surface area contributed by atoms with Gasteiger partial charge in [-0.2, -0.15) is 0 Å². The van der Waals surface area contributed by atoms with E-state index in [0.717, 1.165) is 38.5 Å². The number of phosphoric ester groups is 1. The number of nitrogens with zero attached hydrogens (tertiary/aromatic N) is 1. The third-order valence-corrected chi connectivity index (χ3v) is 14.0. The van der Waals surface area contributed by atoms with Crippen molar-refractivity contribution in [3.05, 3.63) is 12.2 Å². The maximum Gasteiger partial charge on any atom is 0.268 e. The van der Waals surface area contributed by atoms with Crippen molar-refractivity contribution in [2.24, 2.45) is 0 Å². The lowest BCUT2D eigenvalue weighted by molar-refractivity contribution is -0.870. The molecule has 0 aromatic rings. The minimum Gasteiger partial charge on any atom is -0.756 e. The first-order chi connectivity index (χ1) is 31.0. The summed E-state index contributed by atoms with van der Waals surface area (Å²) in [5.74, 6) is -0.160. The second-order valence-corrected chi connectivity index (χ2v) is 22.1. The molecule has 0 saturated heterocycles. The van der Waals surface area contributed by atoms with Gasteiger partial charge in [0.1, 0.15) is 13.2 Å². The summed E-state index contributed by atoms with van der Waals surface area (Å²) in [6, 6.07) is -0.797. The fraction of sp³-hybridized carbons (Fsp3) is 0.945. The third-order valence-electron chi connectivity index (χ3n) is 13.0. The van der Waals surface area contributed by atoms with E-state index in [9.17, 15) is 19.4 Å². The lowest BCUT2D eigenvalue weighted by Gasteiger charge is -2.30. The van der Waals surface area contributed by atoms with Crippen LogP contribution in [0.2, 0.25) is 0 Å². The Morgan fingerprint density at radius 3 is 1.22 bits per heavy atom. The molecule has 0 rings (SSSR count). The summed E-state index contributed by atoms with van der Waals surface area (Å²) in [6.07, 6.45) is 56.6. The molecule has 0 aliphatic heterocycles. The molecule has 8 nitrogen and oxygen atoms in total. The molecule has 0 saturated carbocycles. The van der Waals surface area contributed by atoms with Crippen LogP contribution in [0.1, 0.15) is 284 Å². The van der Waals surface area contributed by atoms with Crippen LogP contribution in [0, 0.1) is 0 Å². The average molecular weight is 927 g/mol. The summed E-state index contributed by atoms with van der Waals surface area (Å²) in [7, 11) is 1.32. The first kappa shape index (κ1) is 63.2. The molecule has 0 bridgehead atoms. The van der Waals surface area contributed by atoms with Gasteiger partial charge < -0.3 is 28.8 Å². The second-order valence-electron chi connectivity index (χ2n) is 20.6. The Morgan fingerprint density at radius 1 is 0.531 bits per heavy atom. The summed E-state index contributed by atoms with van der Waals surface area (Å²) >= 11 is 0. The zero-order valence-corrected chi connectivity index (χ0v) is 44.4. The highest BCUT2D eigenvalue weighted by Crippen LogP contribution is 2.38. The van der Waals surface area contributed by atoms with Crippen molar-refractivity contribution in [3.63, 3.8) is 0 Å². The zero-order chi connectivity index (χ0) is 47.1. The van der Waals surface area contributed by atoms with E-state index >= 15 is 0 Å². The molecule has 9 heteroatoms. The van der Waals surface area contributed by atoms with Gasteiger partial charge in [-0.15, -0.1) is 0 Å². The van der Waals surface area contributed by atoms with Crippen molar-refractivity contribution in [3.8, 4) is 0 Å². The standard InChI is InChI=1S/C55H111N2O6P/c1-6-8-10-12-14-16-18-20-22-24-25-26-27-28-29-30-31-33-35-37-39-41-43-45-47-49-55(59)56-53(52-63-64(60,61)62-51-50-57(3,4)5)54(58)48-46-44-42-40-38-36-34-32-23-21-19-17-15-13-11-9-7-2/h24-25,53-54,58H,6-23,26-52H2,1-5H3,(H-,56,59,60,61)/b25-24-. The molecule has 0 aromatic heterocycles. The minimum atomic E-state index is -4.57. The van der Waals surface area contributed by atoms with Crippen LogP contribution < -0.4 is 10.2 Å². The summed E-state index contributed by atoms with van der Waals surface area (Å²) in [4.78, 5) is 25.5. The van der Waals surface area contributed by atoms with Crippen LogP contribution in [0.4, 0.5) is 0 Å². The van der Waals surface area contributed by atoms with E-state index < -0.39 is 20.0 Å². The average Bonchev–Trinajstić information content (AvgIpc) is 3.25. The number of rotatable bonds is 52. The number of carbonyl (C=O) groups excluding carboxylic acids is 1. The number of hydrogen-bond acceptors (Lipinski definition) is 6. The number of aliphatic hydroxyl groups is 1. The number of unbranched alkanes of at least 4 members (excludes halogenated alkanes) is 37. The zero-order valence-electron chi connectivity index (χ0n) is 43.5. The minimum absolute atomic E-state index is 0.0149. The van der Waals surface area contributed by atoms with Gasteiger partial charge >= 0.3 is 0 Å². The van der Waals surface area contributed by atoms with Gasteiger partial charge in [0.15, 0.2) is 0 Å². The van der Waals surface area contributed by atoms with Gasteiger partial charge in [-0.1, -0.05) is 251 Å². The molecule has 0 radical (unpaired) electrons. The third kappa shape index (κ3) is 49.2. The molecule has 0 fully saturated rings. The van der Waals surface area contributed by atoms with E-state index in [4.69, 9.17) is 9.05 Å². The molecule has 2 N–H and O–H groups in total. The number of nitrogens with one attached hydrogen (secondary N) is 1. The number of amides is 1. The predicted molar refractivity (Wildman–Crippen MR) is 275 cm³/mol. The van der Waals surface area contributed by atoms with Gasteiger partial charge in [0.05, 0.1) is 39.9 Å². The van der Waals surface area contributed by atoms with Crippen LogP contribution in [-0.4, -0.2) is 68.5 Å². The quantitative estimate of drug-likeness (QED) is 0.0272. The number of likely N-dealkylation sites (N-methyl/N-ethyl adjacent to an activating group) is 1. The molecule has 3 atom stereocenters. The predicted octanol–water partition coefficient (Wildman–Crippen LogP) is 16.0. The van der Waals surface area contributed by atoms with Crippen LogP contribution >= 0.6 is 7.82 Å². The van der Waals surface area contributed by atoms with Gasteiger partial charge in [-0.25, -0.2) is 0 Å². The lowest BCUT2D eigenvalue weighted by atomic mass is 10.0. The molecule has 0 aromatic carbocycles. The summed E-state index contributed by atoms with van der Waals surface area (Å²) in [5, 5.41) is 14.0. The fourth-order valence-corrected chi connectivity index (χ4v) is 9.29. The maximum atomic E-state index is 13.0. The summed E-state index contributed by atoms with van der Waals surface area (Å²) in [6.45, 7) is 4.76. The lowest BCUT2D eigenvalue weighted by Crippen LogP contribution is -2.46. The van der Waals surface area contributed by atoms with E-state index in [2.05, 4.69) is 31.3 Å². The first-order valence-electron chi connectivity index (χ1n) is 28.0. The van der Waals surface area contributed by atoms with E-state index in [-0.39, 0.29) is 19.1 Å². The number of carbonyl (C=O) groups is 1. The Balaban J connectivity index is 4.14. The molecule has 0 spiro atoms. The van der Waals surface area contributed by atoms with Crippen molar-refractivity contribution < 1.29 is 32.9 Å². The number of allylic oxidation sites excluding steroid dienone is 2. The van der Waals surface area contributed by atoms with Crippen LogP contribution in [0.5, 0.6) is 0 Å². The Bertz CT molecular complexity index is 1050. The molecule has 0 aliphatic carbocycles. The molecule has 64 heavy (non-hydrogen) atoms. The molecular formula is C55H111N2O6P. The molecule has 1 amide bonds. The molecule has 0 heterocycles. The Labute approximate surface area is 399 Å². The van der Waals surface area contributed by atoms with Crippen LogP contribution in [0.15, 0.2) is 12.2 Å². The number of aliphatic hydroxyl groups excluding tert-OH is 1. The van der Waals surface area contributed by atoms with Gasteiger partial charge in [-0.05, 0) is 38.5 Å². The highest BCUT2D eigenvalue weighted by molar-refractivity contribution is 7.45. The molecular weight excluding hydrogens is 816 g/mol. The van der Waals surface area contributed by atoms with Crippen molar-refractivity contribution in [1.82, 2.24) is 5.32 Å². The van der Waals surface area contributed by atoms with Gasteiger partial charge in [0, 0.05) is 6.42 Å². The number of hydrogen-bond donors (Lipinski definition) is 2. The highest BCUT2D eigenvalue weighted by Gasteiger charge is 2.24. The van der Waals surface area contributed by atoms with Gasteiger partial charge in [0.25, 0.3) is 7.82 Å². The van der Waals surface area contributed by atoms with Crippen molar-refractivity contribution in [2.75, 3.05) is 40.9 Å². The van der Waals surface area contributed by atoms with Crippen LogP contribution in [0.25, 0.3) is 0 Å². The smallest absolute Gasteiger partial charge is 0.268 e.